The SMILES string of the molecule is O=C1/C(=C\c2ccc(OCCOc3ccccc3)cc2)SC(=S)N1c1ccc(F)c(Cl)c1. The quantitative estimate of drug-likeness (QED) is 0.222. The molecule has 8 heteroatoms. The number of carbonyl (C=O) groups is 1. The number of ether oxygens (including phenoxy) is 2. The molecule has 3 aromatic rings. The second-order valence-corrected chi connectivity index (χ2v) is 8.78. The third kappa shape index (κ3) is 5.30. The molecule has 3 aromatic carbocycles. The van der Waals surface area contributed by atoms with Gasteiger partial charge in [-0.05, 0) is 54.1 Å². The van der Waals surface area contributed by atoms with E-state index in [0.717, 1.165) is 11.3 Å². The molecule has 0 saturated carbocycles. The molecule has 4 nitrogen and oxygen atoms in total. The second-order valence-electron chi connectivity index (χ2n) is 6.69. The van der Waals surface area contributed by atoms with Gasteiger partial charge < -0.3 is 9.47 Å². The average molecular weight is 486 g/mol. The van der Waals surface area contributed by atoms with E-state index in [-0.39, 0.29) is 10.9 Å². The van der Waals surface area contributed by atoms with Crippen LogP contribution in [-0.2, 0) is 4.79 Å². The monoisotopic (exact) mass is 485 g/mol. The highest BCUT2D eigenvalue weighted by Gasteiger charge is 2.33. The Labute approximate surface area is 199 Å². The van der Waals surface area contributed by atoms with Crippen LogP contribution in [0.1, 0.15) is 5.56 Å². The van der Waals surface area contributed by atoms with Gasteiger partial charge in [-0.2, -0.15) is 0 Å². The van der Waals surface area contributed by atoms with E-state index in [1.807, 2.05) is 54.6 Å². The van der Waals surface area contributed by atoms with Crippen molar-refractivity contribution in [2.24, 2.45) is 0 Å². The number of amides is 1. The average Bonchev–Trinajstić information content (AvgIpc) is 3.08. The van der Waals surface area contributed by atoms with Crippen LogP contribution >= 0.6 is 35.6 Å². The van der Waals surface area contributed by atoms with Crippen molar-refractivity contribution in [2.45, 2.75) is 0 Å². The third-order valence-electron chi connectivity index (χ3n) is 4.50. The molecule has 1 saturated heterocycles. The van der Waals surface area contributed by atoms with Crippen molar-refractivity contribution in [3.8, 4) is 11.5 Å². The lowest BCUT2D eigenvalue weighted by Crippen LogP contribution is -2.27. The molecule has 0 radical (unpaired) electrons. The maximum atomic E-state index is 13.5. The van der Waals surface area contributed by atoms with Gasteiger partial charge in [-0.15, -0.1) is 0 Å². The van der Waals surface area contributed by atoms with Gasteiger partial charge in [0.1, 0.15) is 30.5 Å². The minimum Gasteiger partial charge on any atom is -0.490 e. The predicted molar refractivity (Wildman–Crippen MR) is 131 cm³/mol. The summed E-state index contributed by atoms with van der Waals surface area (Å²) < 4.78 is 25.1. The van der Waals surface area contributed by atoms with Crippen LogP contribution in [0.2, 0.25) is 5.02 Å². The Bertz CT molecular complexity index is 1170. The summed E-state index contributed by atoms with van der Waals surface area (Å²) in [5.74, 6) is 0.672. The molecule has 1 aliphatic rings. The normalized spacial score (nSPS) is 14.8. The van der Waals surface area contributed by atoms with Crippen LogP contribution in [0.3, 0.4) is 0 Å². The molecule has 162 valence electrons. The number of thiocarbonyl (C=S) groups is 1. The highest BCUT2D eigenvalue weighted by molar-refractivity contribution is 8.27. The molecule has 0 atom stereocenters. The van der Waals surface area contributed by atoms with Crippen LogP contribution in [0.15, 0.2) is 77.7 Å². The van der Waals surface area contributed by atoms with E-state index in [2.05, 4.69) is 0 Å². The minimum absolute atomic E-state index is 0.0645. The van der Waals surface area contributed by atoms with Crippen molar-refractivity contribution >= 4 is 57.6 Å². The first-order valence-corrected chi connectivity index (χ1v) is 11.3. The Kier molecular flexibility index (Phi) is 7.09. The first kappa shape index (κ1) is 22.3. The summed E-state index contributed by atoms with van der Waals surface area (Å²) in [7, 11) is 0. The summed E-state index contributed by atoms with van der Waals surface area (Å²) in [5, 5.41) is -0.0645. The number of rotatable bonds is 7. The van der Waals surface area contributed by atoms with E-state index in [9.17, 15) is 9.18 Å². The predicted octanol–water partition coefficient (Wildman–Crippen LogP) is 6.34. The lowest BCUT2D eigenvalue weighted by molar-refractivity contribution is -0.113. The van der Waals surface area contributed by atoms with E-state index < -0.39 is 5.82 Å². The van der Waals surface area contributed by atoms with E-state index in [1.54, 1.807) is 6.08 Å². The number of anilines is 1. The van der Waals surface area contributed by atoms with Crippen LogP contribution in [0.5, 0.6) is 11.5 Å². The van der Waals surface area contributed by atoms with Gasteiger partial charge in [0.15, 0.2) is 4.32 Å². The van der Waals surface area contributed by atoms with Crippen LogP contribution in [0.4, 0.5) is 10.1 Å². The minimum atomic E-state index is -0.551. The zero-order chi connectivity index (χ0) is 22.5. The smallest absolute Gasteiger partial charge is 0.270 e. The number of carbonyl (C=O) groups excluding carboxylic acids is 1. The van der Waals surface area contributed by atoms with Gasteiger partial charge in [-0.1, -0.05) is 65.9 Å². The molecule has 32 heavy (non-hydrogen) atoms. The maximum Gasteiger partial charge on any atom is 0.270 e. The van der Waals surface area contributed by atoms with Crippen LogP contribution in [-0.4, -0.2) is 23.4 Å². The lowest BCUT2D eigenvalue weighted by Gasteiger charge is -2.14. The fourth-order valence-electron chi connectivity index (χ4n) is 2.96. The number of benzene rings is 3. The highest BCUT2D eigenvalue weighted by atomic mass is 35.5. The summed E-state index contributed by atoms with van der Waals surface area (Å²) in [4.78, 5) is 14.7. The standard InChI is InChI=1S/C24H17ClFNO3S2/c25-20-15-17(8-11-21(20)26)27-23(28)22(32-24(27)31)14-16-6-9-19(10-7-16)30-13-12-29-18-4-2-1-3-5-18/h1-11,14-15H,12-13H2/b22-14+. The molecule has 0 bridgehead atoms. The number of para-hydroxylation sites is 1. The summed E-state index contributed by atoms with van der Waals surface area (Å²) in [6.07, 6.45) is 1.76. The number of thioether (sulfide) groups is 1. The molecule has 0 aromatic heterocycles. The van der Waals surface area contributed by atoms with Crippen molar-refractivity contribution < 1.29 is 18.7 Å². The molecule has 1 amide bonds. The number of nitrogens with zero attached hydrogens (tertiary/aromatic N) is 1. The molecule has 0 spiro atoms. The zero-order valence-electron chi connectivity index (χ0n) is 16.7. The third-order valence-corrected chi connectivity index (χ3v) is 6.09. The summed E-state index contributed by atoms with van der Waals surface area (Å²) >= 11 is 12.4. The van der Waals surface area contributed by atoms with Gasteiger partial charge in [0.05, 0.1) is 15.6 Å². The Morgan fingerprint density at radius 3 is 2.28 bits per heavy atom. The number of hydrogen-bond acceptors (Lipinski definition) is 5. The Hall–Kier alpha value is -2.87. The molecule has 4 rings (SSSR count). The van der Waals surface area contributed by atoms with E-state index in [1.165, 1.54) is 34.9 Å². The van der Waals surface area contributed by atoms with Gasteiger partial charge in [-0.25, -0.2) is 4.39 Å². The summed E-state index contributed by atoms with van der Waals surface area (Å²) in [5.41, 5.74) is 1.26. The molecular weight excluding hydrogens is 469 g/mol. The van der Waals surface area contributed by atoms with Crippen molar-refractivity contribution in [1.29, 1.82) is 0 Å². The molecule has 1 fully saturated rings. The Morgan fingerprint density at radius 2 is 1.62 bits per heavy atom. The Morgan fingerprint density at radius 1 is 0.969 bits per heavy atom. The van der Waals surface area contributed by atoms with Gasteiger partial charge in [0.25, 0.3) is 5.91 Å². The van der Waals surface area contributed by atoms with Crippen LogP contribution in [0.25, 0.3) is 6.08 Å². The molecule has 0 aliphatic carbocycles. The summed E-state index contributed by atoms with van der Waals surface area (Å²) in [6, 6.07) is 21.0. The van der Waals surface area contributed by atoms with E-state index >= 15 is 0 Å². The van der Waals surface area contributed by atoms with Crippen LogP contribution < -0.4 is 14.4 Å². The van der Waals surface area contributed by atoms with E-state index in [0.29, 0.717) is 33.9 Å². The lowest BCUT2D eigenvalue weighted by atomic mass is 10.2. The Balaban J connectivity index is 1.36. The fourth-order valence-corrected chi connectivity index (χ4v) is 4.44. The molecule has 1 aliphatic heterocycles. The van der Waals surface area contributed by atoms with Gasteiger partial charge in [0.2, 0.25) is 0 Å². The number of hydrogen-bond donors (Lipinski definition) is 0. The second kappa shape index (κ2) is 10.2. The van der Waals surface area contributed by atoms with Gasteiger partial charge in [0, 0.05) is 0 Å². The van der Waals surface area contributed by atoms with Crippen LogP contribution in [0, 0.1) is 5.82 Å². The van der Waals surface area contributed by atoms with Crippen molar-refractivity contribution in [1.82, 2.24) is 0 Å². The first-order valence-electron chi connectivity index (χ1n) is 9.65. The fraction of sp³-hybridized carbons (Fsp3) is 0.0833. The largest absolute Gasteiger partial charge is 0.490 e. The van der Waals surface area contributed by atoms with Crippen molar-refractivity contribution in [2.75, 3.05) is 18.1 Å². The molecule has 0 N–H and O–H groups in total. The van der Waals surface area contributed by atoms with Gasteiger partial charge in [-0.3, -0.25) is 9.69 Å². The topological polar surface area (TPSA) is 38.8 Å². The molecule has 0 unspecified atom stereocenters. The number of halogens is 2. The first-order chi connectivity index (χ1) is 15.5. The molecular formula is C24H17ClFNO3S2. The summed E-state index contributed by atoms with van der Waals surface area (Å²) in [6.45, 7) is 0.842. The maximum absolute atomic E-state index is 13.5. The van der Waals surface area contributed by atoms with Crippen molar-refractivity contribution in [3.63, 3.8) is 0 Å². The highest BCUT2D eigenvalue weighted by Crippen LogP contribution is 2.37. The van der Waals surface area contributed by atoms with Crippen molar-refractivity contribution in [3.05, 3.63) is 94.1 Å². The molecule has 1 heterocycles. The van der Waals surface area contributed by atoms with E-state index in [4.69, 9.17) is 33.3 Å². The van der Waals surface area contributed by atoms with Gasteiger partial charge >= 0.3 is 0 Å². The zero-order valence-corrected chi connectivity index (χ0v) is 19.1.